The summed E-state index contributed by atoms with van der Waals surface area (Å²) in [7, 11) is 0. The number of phenolic OH excluding ortho intramolecular Hbond substituents is 1. The molecule has 0 aliphatic heterocycles. The van der Waals surface area contributed by atoms with E-state index in [1.54, 1.807) is 26.0 Å². The first-order valence-electron chi connectivity index (χ1n) is 18.5. The lowest BCUT2D eigenvalue weighted by atomic mass is 10.1. The third-order valence-corrected chi connectivity index (χ3v) is 8.75. The molecule has 1 atom stereocenters. The third kappa shape index (κ3) is 11.8. The van der Waals surface area contributed by atoms with Gasteiger partial charge in [-0.25, -0.2) is 4.79 Å². The number of phenols is 1. The first-order valence-corrected chi connectivity index (χ1v) is 18.5. The Morgan fingerprint density at radius 1 is 0.672 bits per heavy atom. The van der Waals surface area contributed by atoms with Crippen LogP contribution in [0.2, 0.25) is 0 Å². The molecular weight excluding hydrogens is 787 g/mol. The molecule has 5 aromatic carbocycles. The van der Waals surface area contributed by atoms with E-state index in [-0.39, 0.29) is 57.5 Å². The van der Waals surface area contributed by atoms with Gasteiger partial charge in [-0.15, -0.1) is 0 Å². The largest absolute Gasteiger partial charge is 0.504 e. The average Bonchev–Trinajstić information content (AvgIpc) is 3.24. The molecule has 0 bridgehead atoms. The van der Waals surface area contributed by atoms with Crippen LogP contribution >= 0.6 is 0 Å². The molecule has 0 aromatic heterocycles. The van der Waals surface area contributed by atoms with Crippen LogP contribution in [0, 0.1) is 11.3 Å². The summed E-state index contributed by atoms with van der Waals surface area (Å²) in [4.78, 5) is 88.2. The molecular formula is C44H39N7O10. The molecule has 5 rings (SSSR count). The lowest BCUT2D eigenvalue weighted by molar-refractivity contribution is -0.123. The van der Waals surface area contributed by atoms with Crippen LogP contribution in [-0.4, -0.2) is 63.8 Å². The minimum atomic E-state index is -1.37. The highest BCUT2D eigenvalue weighted by Gasteiger charge is 2.25. The normalized spacial score (nSPS) is 11.0. The molecule has 0 heterocycles. The van der Waals surface area contributed by atoms with Crippen LogP contribution in [0.15, 0.2) is 109 Å². The van der Waals surface area contributed by atoms with Crippen molar-refractivity contribution < 1.29 is 48.5 Å². The number of carbonyl (C=O) groups is 7. The Balaban J connectivity index is 1.19. The maximum atomic E-state index is 13.3. The van der Waals surface area contributed by atoms with Gasteiger partial charge in [-0.2, -0.15) is 5.26 Å². The zero-order valence-electron chi connectivity index (χ0n) is 32.6. The Kier molecular flexibility index (Phi) is 14.1. The van der Waals surface area contributed by atoms with Crippen LogP contribution in [0.3, 0.4) is 0 Å². The predicted molar refractivity (Wildman–Crippen MR) is 222 cm³/mol. The van der Waals surface area contributed by atoms with Crippen molar-refractivity contribution in [1.82, 2.24) is 10.6 Å². The van der Waals surface area contributed by atoms with E-state index >= 15 is 0 Å². The molecule has 17 nitrogen and oxygen atoms in total. The number of carbonyl (C=O) groups excluding carboxylic acids is 6. The number of aromatic hydroxyl groups is 1. The summed E-state index contributed by atoms with van der Waals surface area (Å²) in [5, 5.41) is 42.2. The van der Waals surface area contributed by atoms with Crippen molar-refractivity contribution in [2.24, 2.45) is 5.73 Å². The van der Waals surface area contributed by atoms with E-state index in [0.717, 1.165) is 0 Å². The molecule has 6 amide bonds. The second-order valence-electron chi connectivity index (χ2n) is 13.6. The number of primary amides is 1. The van der Waals surface area contributed by atoms with Crippen LogP contribution in [0.25, 0.3) is 0 Å². The summed E-state index contributed by atoms with van der Waals surface area (Å²) in [6, 6.07) is 26.6. The Morgan fingerprint density at radius 2 is 1.21 bits per heavy atom. The van der Waals surface area contributed by atoms with Gasteiger partial charge in [0.2, 0.25) is 11.8 Å². The number of amides is 6. The fourth-order valence-corrected chi connectivity index (χ4v) is 5.64. The minimum absolute atomic E-state index is 0.0210. The number of carboxylic acids is 1. The highest BCUT2D eigenvalue weighted by atomic mass is 16.5. The van der Waals surface area contributed by atoms with E-state index in [1.807, 2.05) is 6.07 Å². The fourth-order valence-electron chi connectivity index (χ4n) is 5.64. The van der Waals surface area contributed by atoms with Gasteiger partial charge in [0.25, 0.3) is 23.6 Å². The average molecular weight is 826 g/mol. The summed E-state index contributed by atoms with van der Waals surface area (Å²) >= 11 is 0. The van der Waals surface area contributed by atoms with Gasteiger partial charge in [0.15, 0.2) is 11.5 Å². The van der Waals surface area contributed by atoms with E-state index in [2.05, 4.69) is 26.6 Å². The molecule has 17 heteroatoms. The van der Waals surface area contributed by atoms with Crippen molar-refractivity contribution in [3.05, 3.63) is 148 Å². The summed E-state index contributed by atoms with van der Waals surface area (Å²) in [6.07, 6.45) is -1.01. The number of anilines is 3. The molecule has 0 spiro atoms. The van der Waals surface area contributed by atoms with Crippen LogP contribution in [0.5, 0.6) is 11.5 Å². The Bertz CT molecular complexity index is 2520. The number of hydrogen-bond donors (Lipinski definition) is 8. The van der Waals surface area contributed by atoms with Crippen molar-refractivity contribution in [3.63, 3.8) is 0 Å². The number of nitrogens with one attached hydrogen (secondary N) is 5. The summed E-state index contributed by atoms with van der Waals surface area (Å²) in [5.41, 5.74) is 7.51. The Labute approximate surface area is 348 Å². The standard InChI is InChI=1S/C44H39N7O10/c1-24(2)61-38-34(20-19-33(37(38)53)42(57)48-31-17-13-30(14-18-31)44(59)60)50-40(55)29-11-15-32(16-12-29)49-43(58)35(21-36(46)52)51-41(56)28-9-5-26(6-10-28)23-47-39(54)27-7-3-25(22-45)4-8-27/h3-20,24,35,53H,21,23H2,1-2H3,(H2,46,52)(H,47,54)(H,48,57)(H,49,58)(H,50,55)(H,51,56)(H,59,60). The number of nitrogens with zero attached hydrogens (tertiary/aromatic N) is 1. The molecule has 0 fully saturated rings. The number of hydrogen-bond acceptors (Lipinski definition) is 10. The van der Waals surface area contributed by atoms with E-state index < -0.39 is 59.8 Å². The molecule has 9 N–H and O–H groups in total. The highest BCUT2D eigenvalue weighted by molar-refractivity contribution is 6.10. The van der Waals surface area contributed by atoms with E-state index in [0.29, 0.717) is 16.7 Å². The van der Waals surface area contributed by atoms with E-state index in [1.165, 1.54) is 97.1 Å². The second kappa shape index (κ2) is 19.8. The summed E-state index contributed by atoms with van der Waals surface area (Å²) in [5.74, 6) is -5.87. The van der Waals surface area contributed by atoms with E-state index in [4.69, 9.17) is 20.8 Å². The number of ether oxygens (including phenoxy) is 1. The lowest BCUT2D eigenvalue weighted by Crippen LogP contribution is -2.46. The Morgan fingerprint density at radius 3 is 1.79 bits per heavy atom. The summed E-state index contributed by atoms with van der Waals surface area (Å²) < 4.78 is 5.77. The quantitative estimate of drug-likeness (QED) is 0.0669. The third-order valence-electron chi connectivity index (χ3n) is 8.75. The molecule has 5 aromatic rings. The van der Waals surface area contributed by atoms with Crippen LogP contribution in [0.1, 0.15) is 83.2 Å². The van der Waals surface area contributed by atoms with Crippen molar-refractivity contribution in [1.29, 1.82) is 5.26 Å². The molecule has 0 aliphatic carbocycles. The number of carboxylic acid groups (broad SMARTS) is 1. The van der Waals surface area contributed by atoms with Crippen molar-refractivity contribution in [3.8, 4) is 17.6 Å². The van der Waals surface area contributed by atoms with Gasteiger partial charge in [0, 0.05) is 34.6 Å². The molecule has 0 saturated carbocycles. The molecule has 0 radical (unpaired) electrons. The molecule has 1 unspecified atom stereocenters. The molecule has 61 heavy (non-hydrogen) atoms. The molecule has 310 valence electrons. The number of nitriles is 1. The smallest absolute Gasteiger partial charge is 0.335 e. The Hall–Kier alpha value is -8.52. The van der Waals surface area contributed by atoms with Gasteiger partial charge in [-0.05, 0) is 116 Å². The zero-order chi connectivity index (χ0) is 44.2. The minimum Gasteiger partial charge on any atom is -0.504 e. The number of rotatable bonds is 16. The first kappa shape index (κ1) is 43.6. The van der Waals surface area contributed by atoms with Crippen molar-refractivity contribution in [2.75, 3.05) is 16.0 Å². The van der Waals surface area contributed by atoms with Crippen molar-refractivity contribution in [2.45, 2.75) is 39.0 Å². The van der Waals surface area contributed by atoms with Crippen LogP contribution in [-0.2, 0) is 16.1 Å². The van der Waals surface area contributed by atoms with E-state index in [9.17, 15) is 38.7 Å². The number of nitrogens with two attached hydrogens (primary N) is 1. The van der Waals surface area contributed by atoms with Gasteiger partial charge in [0.1, 0.15) is 6.04 Å². The number of benzene rings is 5. The van der Waals surface area contributed by atoms with Crippen LogP contribution in [0.4, 0.5) is 17.1 Å². The van der Waals surface area contributed by atoms with Gasteiger partial charge in [0.05, 0.1) is 41.0 Å². The van der Waals surface area contributed by atoms with Gasteiger partial charge in [-0.3, -0.25) is 28.8 Å². The van der Waals surface area contributed by atoms with Gasteiger partial charge < -0.3 is 47.3 Å². The maximum Gasteiger partial charge on any atom is 0.335 e. The first-order chi connectivity index (χ1) is 29.1. The fraction of sp³-hybridized carbons (Fsp3) is 0.136. The molecule has 0 aliphatic rings. The van der Waals surface area contributed by atoms with Crippen LogP contribution < -0.4 is 37.1 Å². The van der Waals surface area contributed by atoms with Crippen molar-refractivity contribution >= 4 is 58.5 Å². The maximum absolute atomic E-state index is 13.3. The molecule has 0 saturated heterocycles. The predicted octanol–water partition coefficient (Wildman–Crippen LogP) is 4.80. The SMILES string of the molecule is CC(C)Oc1c(NC(=O)c2ccc(NC(=O)C(CC(N)=O)NC(=O)c3ccc(CNC(=O)c4ccc(C#N)cc4)cc3)cc2)ccc(C(=O)Nc2ccc(C(=O)O)cc2)c1O. The van der Waals surface area contributed by atoms with Gasteiger partial charge in [-0.1, -0.05) is 12.1 Å². The highest BCUT2D eigenvalue weighted by Crippen LogP contribution is 2.39. The topological polar surface area (TPSA) is 279 Å². The number of aromatic carboxylic acids is 1. The second-order valence-corrected chi connectivity index (χ2v) is 13.6. The van der Waals surface area contributed by atoms with Gasteiger partial charge >= 0.3 is 5.97 Å². The summed E-state index contributed by atoms with van der Waals surface area (Å²) in [6.45, 7) is 3.51. The lowest BCUT2D eigenvalue weighted by Gasteiger charge is -2.19. The monoisotopic (exact) mass is 825 g/mol. The zero-order valence-corrected chi connectivity index (χ0v) is 32.6.